The van der Waals surface area contributed by atoms with Crippen LogP contribution in [0, 0.1) is 0 Å². The lowest BCUT2D eigenvalue weighted by atomic mass is 10.3. The van der Waals surface area contributed by atoms with Crippen LogP contribution >= 0.6 is 0 Å². The molecule has 3 nitrogen and oxygen atoms in total. The van der Waals surface area contributed by atoms with E-state index in [4.69, 9.17) is 9.47 Å². The van der Waals surface area contributed by atoms with E-state index in [1.54, 1.807) is 26.0 Å². The first kappa shape index (κ1) is 9.58. The minimum Gasteiger partial charge on any atom is -0.453 e. The number of hydrogen-bond acceptors (Lipinski definition) is 3. The quantitative estimate of drug-likeness (QED) is 0.525. The molecule has 0 saturated heterocycles. The molecule has 13 heavy (non-hydrogen) atoms. The highest BCUT2D eigenvalue weighted by molar-refractivity contribution is 5.38. The number of para-hydroxylation sites is 1. The Morgan fingerprint density at radius 2 is 1.85 bits per heavy atom. The zero-order valence-corrected chi connectivity index (χ0v) is 7.69. The summed E-state index contributed by atoms with van der Waals surface area (Å²) < 4.78 is 10.1. The largest absolute Gasteiger partial charge is 0.453 e. The van der Waals surface area contributed by atoms with Gasteiger partial charge in [-0.15, -0.1) is 0 Å². The highest BCUT2D eigenvalue weighted by Crippen LogP contribution is 2.17. The molecule has 0 bridgehead atoms. The molecule has 1 aromatic rings. The molecule has 0 aliphatic carbocycles. The summed E-state index contributed by atoms with van der Waals surface area (Å²) in [7, 11) is 0. The predicted octanol–water partition coefficient (Wildman–Crippen LogP) is 1.97. The summed E-state index contributed by atoms with van der Waals surface area (Å²) in [6.45, 7) is 3.73. The molecule has 70 valence electrons. The van der Waals surface area contributed by atoms with E-state index in [1.807, 2.05) is 18.2 Å². The van der Waals surface area contributed by atoms with Gasteiger partial charge in [0, 0.05) is 13.8 Å². The van der Waals surface area contributed by atoms with Crippen molar-refractivity contribution in [1.29, 1.82) is 0 Å². The second kappa shape index (κ2) is 3.94. The Balaban J connectivity index is 2.63. The summed E-state index contributed by atoms with van der Waals surface area (Å²) in [5.74, 6) is -0.238. The van der Waals surface area contributed by atoms with Crippen molar-refractivity contribution < 1.29 is 14.3 Å². The Morgan fingerprint density at radius 3 is 2.38 bits per heavy atom. The molecule has 0 aromatic heterocycles. The molecule has 0 radical (unpaired) electrons. The van der Waals surface area contributed by atoms with Gasteiger partial charge in [-0.1, -0.05) is 18.2 Å². The lowest BCUT2D eigenvalue weighted by molar-refractivity contribution is -0.170. The van der Waals surface area contributed by atoms with E-state index in [0.29, 0.717) is 12.2 Å². The fraction of sp³-hybridized carbons (Fsp3) is 0.300. The van der Waals surface area contributed by atoms with Gasteiger partial charge in [0.15, 0.2) is 0 Å². The van der Waals surface area contributed by atoms with Crippen LogP contribution in [0.2, 0.25) is 0 Å². The van der Waals surface area contributed by atoms with Gasteiger partial charge in [-0.25, -0.2) is 0 Å². The molecule has 1 aromatic carbocycles. The molecule has 0 aliphatic heterocycles. The summed E-state index contributed by atoms with van der Waals surface area (Å²) in [4.78, 5) is 10.1. The third kappa shape index (κ3) is 3.15. The van der Waals surface area contributed by atoms with E-state index in [9.17, 15) is 4.79 Å². The Hall–Kier alpha value is -1.51. The number of ether oxygens (including phenoxy) is 2. The second-order valence-corrected chi connectivity index (χ2v) is 3.03. The molecular weight excluding hydrogens is 168 g/mol. The Bertz CT molecular complexity index is 267. The van der Waals surface area contributed by atoms with Gasteiger partial charge in [-0.2, -0.15) is 0 Å². The van der Waals surface area contributed by atoms with Gasteiger partial charge in [0.1, 0.15) is 5.75 Å². The minimum atomic E-state index is -0.914. The molecule has 0 aliphatic rings. The Morgan fingerprint density at radius 1 is 1.23 bits per heavy atom. The average molecular weight is 180 g/mol. The van der Waals surface area contributed by atoms with E-state index in [0.717, 1.165) is 0 Å². The molecule has 0 saturated carbocycles. The van der Waals surface area contributed by atoms with Gasteiger partial charge < -0.3 is 9.47 Å². The van der Waals surface area contributed by atoms with Crippen LogP contribution in [0.3, 0.4) is 0 Å². The van der Waals surface area contributed by atoms with Crippen molar-refractivity contribution in [3.63, 3.8) is 0 Å². The first-order chi connectivity index (χ1) is 6.14. The Labute approximate surface area is 77.3 Å². The molecule has 0 unspecified atom stereocenters. The lowest BCUT2D eigenvalue weighted by Crippen LogP contribution is -2.31. The van der Waals surface area contributed by atoms with Crippen LogP contribution in [0.5, 0.6) is 5.75 Å². The predicted molar refractivity (Wildman–Crippen MR) is 48.3 cm³/mol. The number of hydrogen-bond donors (Lipinski definition) is 0. The van der Waals surface area contributed by atoms with Crippen LogP contribution in [-0.4, -0.2) is 12.3 Å². The molecule has 0 atom stereocenters. The highest BCUT2D eigenvalue weighted by Gasteiger charge is 2.20. The summed E-state index contributed by atoms with van der Waals surface area (Å²) >= 11 is 0. The lowest BCUT2D eigenvalue weighted by Gasteiger charge is -2.23. The van der Waals surface area contributed by atoms with Gasteiger partial charge >= 0.3 is 0 Å². The maximum absolute atomic E-state index is 10.1. The van der Waals surface area contributed by atoms with Crippen LogP contribution in [0.1, 0.15) is 13.8 Å². The van der Waals surface area contributed by atoms with Crippen molar-refractivity contribution in [2.45, 2.75) is 19.6 Å². The monoisotopic (exact) mass is 180 g/mol. The first-order valence-electron chi connectivity index (χ1n) is 3.99. The van der Waals surface area contributed by atoms with E-state index in [1.165, 1.54) is 0 Å². The fourth-order valence-electron chi connectivity index (χ4n) is 0.912. The molecular formula is C10H12O3. The smallest absolute Gasteiger partial charge is 0.296 e. The first-order valence-corrected chi connectivity index (χ1v) is 3.99. The van der Waals surface area contributed by atoms with Gasteiger partial charge in [0.2, 0.25) is 5.79 Å². The van der Waals surface area contributed by atoms with E-state index in [-0.39, 0.29) is 0 Å². The topological polar surface area (TPSA) is 35.5 Å². The SMILES string of the molecule is CC(C)(OC=O)Oc1ccccc1. The maximum Gasteiger partial charge on any atom is 0.296 e. The zero-order valence-electron chi connectivity index (χ0n) is 7.69. The number of rotatable bonds is 4. The van der Waals surface area contributed by atoms with Gasteiger partial charge in [0.25, 0.3) is 6.47 Å². The number of benzene rings is 1. The van der Waals surface area contributed by atoms with Crippen molar-refractivity contribution in [2.24, 2.45) is 0 Å². The molecule has 0 spiro atoms. The average Bonchev–Trinajstić information content (AvgIpc) is 2.04. The maximum atomic E-state index is 10.1. The Kier molecular flexibility index (Phi) is 2.90. The van der Waals surface area contributed by atoms with Crippen LogP contribution in [-0.2, 0) is 9.53 Å². The van der Waals surface area contributed by atoms with Crippen molar-refractivity contribution in [2.75, 3.05) is 0 Å². The van der Waals surface area contributed by atoms with Crippen molar-refractivity contribution >= 4 is 6.47 Å². The van der Waals surface area contributed by atoms with Crippen LogP contribution < -0.4 is 4.74 Å². The second-order valence-electron chi connectivity index (χ2n) is 3.03. The number of carbonyl (C=O) groups is 1. The summed E-state index contributed by atoms with van der Waals surface area (Å²) in [6.07, 6.45) is 0. The summed E-state index contributed by atoms with van der Waals surface area (Å²) in [5, 5.41) is 0. The minimum absolute atomic E-state index is 0.378. The molecule has 0 heterocycles. The van der Waals surface area contributed by atoms with Crippen LogP contribution in [0.15, 0.2) is 30.3 Å². The summed E-state index contributed by atoms with van der Waals surface area (Å²) in [5.41, 5.74) is 0. The molecule has 0 N–H and O–H groups in total. The van der Waals surface area contributed by atoms with Crippen LogP contribution in [0.4, 0.5) is 0 Å². The highest BCUT2D eigenvalue weighted by atomic mass is 16.7. The molecule has 0 fully saturated rings. The molecule has 3 heteroatoms. The molecule has 0 amide bonds. The van der Waals surface area contributed by atoms with Crippen molar-refractivity contribution in [3.8, 4) is 5.75 Å². The van der Waals surface area contributed by atoms with Gasteiger partial charge in [0.05, 0.1) is 0 Å². The zero-order chi connectivity index (χ0) is 9.73. The third-order valence-electron chi connectivity index (χ3n) is 1.44. The van der Waals surface area contributed by atoms with Gasteiger partial charge in [-0.05, 0) is 12.1 Å². The fourth-order valence-corrected chi connectivity index (χ4v) is 0.912. The van der Waals surface area contributed by atoms with E-state index >= 15 is 0 Å². The standard InChI is InChI=1S/C10H12O3/c1-10(2,12-8-11)13-9-6-4-3-5-7-9/h3-8H,1-2H3. The third-order valence-corrected chi connectivity index (χ3v) is 1.44. The number of carbonyl (C=O) groups excluding carboxylic acids is 1. The van der Waals surface area contributed by atoms with Crippen LogP contribution in [0.25, 0.3) is 0 Å². The summed E-state index contributed by atoms with van der Waals surface area (Å²) in [6, 6.07) is 9.20. The van der Waals surface area contributed by atoms with E-state index < -0.39 is 5.79 Å². The normalized spacial score (nSPS) is 10.6. The van der Waals surface area contributed by atoms with Crippen molar-refractivity contribution in [1.82, 2.24) is 0 Å². The van der Waals surface area contributed by atoms with E-state index in [2.05, 4.69) is 0 Å². The molecule has 1 rings (SSSR count). The van der Waals surface area contributed by atoms with Gasteiger partial charge in [-0.3, -0.25) is 4.79 Å². The van der Waals surface area contributed by atoms with Crippen molar-refractivity contribution in [3.05, 3.63) is 30.3 Å².